The molecule has 2 fully saturated rings. The molecule has 0 spiro atoms. The van der Waals surface area contributed by atoms with E-state index in [9.17, 15) is 4.91 Å². The average molecular weight is 155 g/mol. The molecule has 2 unspecified atom stereocenters. The molecule has 11 heavy (non-hydrogen) atoms. The Morgan fingerprint density at radius 1 is 1.27 bits per heavy atom. The van der Waals surface area contributed by atoms with E-state index in [2.05, 4.69) is 17.2 Å². The number of fused-ring (bicyclic) bond motifs is 2. The Hall–Kier alpha value is -0.640. The first-order valence-corrected chi connectivity index (χ1v) is 4.11. The highest BCUT2D eigenvalue weighted by Crippen LogP contribution is 2.29. The molecule has 2 rings (SSSR count). The summed E-state index contributed by atoms with van der Waals surface area (Å²) in [6, 6.07) is 0.799. The molecule has 2 atom stereocenters. The van der Waals surface area contributed by atoms with Gasteiger partial charge in [0, 0.05) is 13.1 Å². The molecule has 2 heterocycles. The van der Waals surface area contributed by atoms with Gasteiger partial charge in [0.15, 0.2) is 0 Å². The molecule has 0 N–H and O–H groups in total. The van der Waals surface area contributed by atoms with E-state index in [1.54, 1.807) is 5.01 Å². The molecular formula is C7H13N3O. The number of likely N-dealkylation sites (tertiary alicyclic amines) is 1. The van der Waals surface area contributed by atoms with Crippen molar-refractivity contribution in [3.8, 4) is 0 Å². The summed E-state index contributed by atoms with van der Waals surface area (Å²) < 4.78 is 0. The molecule has 2 saturated heterocycles. The lowest BCUT2D eigenvalue weighted by Crippen LogP contribution is -2.49. The maximum Gasteiger partial charge on any atom is 0.0634 e. The van der Waals surface area contributed by atoms with Crippen LogP contribution in [0.5, 0.6) is 0 Å². The van der Waals surface area contributed by atoms with Gasteiger partial charge in [-0.2, -0.15) is 0 Å². The number of hydrogen-bond donors (Lipinski definition) is 0. The van der Waals surface area contributed by atoms with Crippen molar-refractivity contribution in [1.29, 1.82) is 0 Å². The van der Waals surface area contributed by atoms with Crippen LogP contribution in [0.3, 0.4) is 0 Å². The highest BCUT2D eigenvalue weighted by Gasteiger charge is 2.38. The highest BCUT2D eigenvalue weighted by atomic mass is 16.3. The van der Waals surface area contributed by atoms with Crippen molar-refractivity contribution in [2.45, 2.75) is 24.9 Å². The summed E-state index contributed by atoms with van der Waals surface area (Å²) in [6.07, 6.45) is 2.28. The second kappa shape index (κ2) is 2.44. The van der Waals surface area contributed by atoms with E-state index in [-0.39, 0.29) is 0 Å². The number of likely N-dealkylation sites (N-methyl/N-ethyl adjacent to an activating group) is 1. The van der Waals surface area contributed by atoms with Crippen LogP contribution < -0.4 is 0 Å². The fourth-order valence-corrected chi connectivity index (χ4v) is 2.22. The monoisotopic (exact) mass is 155 g/mol. The van der Waals surface area contributed by atoms with Gasteiger partial charge in [-0.1, -0.05) is 0 Å². The van der Waals surface area contributed by atoms with Gasteiger partial charge < -0.3 is 4.90 Å². The van der Waals surface area contributed by atoms with Crippen molar-refractivity contribution in [2.75, 3.05) is 20.1 Å². The van der Waals surface area contributed by atoms with Crippen LogP contribution >= 0.6 is 0 Å². The molecule has 4 nitrogen and oxygen atoms in total. The molecule has 62 valence electrons. The molecule has 2 aliphatic rings. The molecule has 0 aromatic carbocycles. The average Bonchev–Trinajstić information content (AvgIpc) is 2.23. The fourth-order valence-electron chi connectivity index (χ4n) is 2.22. The van der Waals surface area contributed by atoms with Gasteiger partial charge >= 0.3 is 0 Å². The van der Waals surface area contributed by atoms with Gasteiger partial charge in [-0.05, 0) is 19.9 Å². The molecule has 0 aromatic heterocycles. The van der Waals surface area contributed by atoms with Crippen LogP contribution in [0, 0.1) is 4.91 Å². The van der Waals surface area contributed by atoms with Crippen LogP contribution in [-0.2, 0) is 0 Å². The number of rotatable bonds is 1. The van der Waals surface area contributed by atoms with Crippen molar-refractivity contribution < 1.29 is 0 Å². The van der Waals surface area contributed by atoms with Crippen LogP contribution in [0.25, 0.3) is 0 Å². The summed E-state index contributed by atoms with van der Waals surface area (Å²) in [4.78, 5) is 12.7. The first kappa shape index (κ1) is 7.03. The molecule has 0 saturated carbocycles. The summed E-state index contributed by atoms with van der Waals surface area (Å²) in [5, 5.41) is 4.81. The summed E-state index contributed by atoms with van der Waals surface area (Å²) >= 11 is 0. The van der Waals surface area contributed by atoms with Crippen LogP contribution in [0.15, 0.2) is 5.29 Å². The summed E-state index contributed by atoms with van der Waals surface area (Å²) in [6.45, 7) is 2.00. The Labute approximate surface area is 66.1 Å². The maximum atomic E-state index is 10.4. The van der Waals surface area contributed by atoms with Gasteiger partial charge in [-0.3, -0.25) is 5.01 Å². The van der Waals surface area contributed by atoms with Crippen molar-refractivity contribution in [3.63, 3.8) is 0 Å². The minimum atomic E-state index is 0.399. The van der Waals surface area contributed by atoms with Gasteiger partial charge in [0.2, 0.25) is 0 Å². The van der Waals surface area contributed by atoms with Crippen molar-refractivity contribution >= 4 is 0 Å². The van der Waals surface area contributed by atoms with E-state index in [0.29, 0.717) is 12.1 Å². The van der Waals surface area contributed by atoms with Gasteiger partial charge in [0.1, 0.15) is 0 Å². The Bertz CT molecular complexity index is 159. The van der Waals surface area contributed by atoms with Crippen LogP contribution in [0.1, 0.15) is 12.8 Å². The second-order valence-corrected chi connectivity index (χ2v) is 3.57. The van der Waals surface area contributed by atoms with Gasteiger partial charge in [0.05, 0.1) is 17.4 Å². The SMILES string of the molecule is CN1CC2CCC(C1)N2N=O. The molecular weight excluding hydrogens is 142 g/mol. The summed E-state index contributed by atoms with van der Waals surface area (Å²) in [5.41, 5.74) is 0. The van der Waals surface area contributed by atoms with Crippen molar-refractivity contribution in [2.24, 2.45) is 5.29 Å². The Morgan fingerprint density at radius 3 is 2.27 bits per heavy atom. The second-order valence-electron chi connectivity index (χ2n) is 3.57. The van der Waals surface area contributed by atoms with Crippen LogP contribution in [0.2, 0.25) is 0 Å². The van der Waals surface area contributed by atoms with E-state index in [1.807, 2.05) is 0 Å². The van der Waals surface area contributed by atoms with Crippen molar-refractivity contribution in [3.05, 3.63) is 4.91 Å². The summed E-state index contributed by atoms with van der Waals surface area (Å²) in [5.74, 6) is 0. The third-order valence-electron chi connectivity index (χ3n) is 2.72. The lowest BCUT2D eigenvalue weighted by atomic mass is 10.2. The quantitative estimate of drug-likeness (QED) is 0.516. The van der Waals surface area contributed by atoms with E-state index in [0.717, 1.165) is 25.9 Å². The zero-order chi connectivity index (χ0) is 7.84. The molecule has 2 bridgehead atoms. The normalized spacial score (nSPS) is 37.7. The van der Waals surface area contributed by atoms with E-state index >= 15 is 0 Å². The Kier molecular flexibility index (Phi) is 1.56. The molecule has 0 radical (unpaired) electrons. The summed E-state index contributed by atoms with van der Waals surface area (Å²) in [7, 11) is 2.10. The fraction of sp³-hybridized carbons (Fsp3) is 1.00. The maximum absolute atomic E-state index is 10.4. The van der Waals surface area contributed by atoms with Crippen molar-refractivity contribution in [1.82, 2.24) is 9.91 Å². The minimum absolute atomic E-state index is 0.399. The van der Waals surface area contributed by atoms with E-state index in [1.165, 1.54) is 0 Å². The number of piperazine rings is 1. The molecule has 0 aliphatic carbocycles. The predicted molar refractivity (Wildman–Crippen MR) is 41.9 cm³/mol. The van der Waals surface area contributed by atoms with Gasteiger partial charge in [0.25, 0.3) is 0 Å². The molecule has 0 amide bonds. The molecule has 0 aromatic rings. The molecule has 4 heteroatoms. The lowest BCUT2D eigenvalue weighted by molar-refractivity contribution is 0.0840. The Balaban J connectivity index is 2.12. The lowest BCUT2D eigenvalue weighted by Gasteiger charge is -2.35. The largest absolute Gasteiger partial charge is 0.302 e. The highest BCUT2D eigenvalue weighted by molar-refractivity contribution is 4.92. The predicted octanol–water partition coefficient (Wildman–Crippen LogP) is 0.446. The zero-order valence-corrected chi connectivity index (χ0v) is 6.73. The first-order chi connectivity index (χ1) is 5.31. The first-order valence-electron chi connectivity index (χ1n) is 4.11. The third-order valence-corrected chi connectivity index (χ3v) is 2.72. The molecule has 2 aliphatic heterocycles. The topological polar surface area (TPSA) is 35.9 Å². The van der Waals surface area contributed by atoms with E-state index < -0.39 is 0 Å². The Morgan fingerprint density at radius 2 is 1.82 bits per heavy atom. The van der Waals surface area contributed by atoms with Crippen LogP contribution in [-0.4, -0.2) is 42.1 Å². The van der Waals surface area contributed by atoms with Gasteiger partial charge in [-0.15, -0.1) is 4.91 Å². The smallest absolute Gasteiger partial charge is 0.0634 e. The third kappa shape index (κ3) is 1.01. The minimum Gasteiger partial charge on any atom is -0.302 e. The number of hydrogen-bond acceptors (Lipinski definition) is 3. The van der Waals surface area contributed by atoms with Crippen LogP contribution in [0.4, 0.5) is 0 Å². The number of nitrogens with zero attached hydrogens (tertiary/aromatic N) is 3. The van der Waals surface area contributed by atoms with Gasteiger partial charge in [-0.25, -0.2) is 0 Å². The zero-order valence-electron chi connectivity index (χ0n) is 6.73. The standard InChI is InChI=1S/C7H13N3O/c1-9-4-6-2-3-7(5-9)10(6)8-11/h6-7H,2-5H2,1H3. The number of nitroso groups, excluding NO2 is 1. The van der Waals surface area contributed by atoms with E-state index in [4.69, 9.17) is 0 Å².